The van der Waals surface area contributed by atoms with Crippen molar-refractivity contribution in [2.45, 2.75) is 18.7 Å². The molecule has 2 aromatic carbocycles. The maximum Gasteiger partial charge on any atom is 0.425 e. The Morgan fingerprint density at radius 3 is 2.40 bits per heavy atom. The maximum absolute atomic E-state index is 13.5. The molecule has 20 heavy (non-hydrogen) atoms. The number of rotatable bonds is 0. The van der Waals surface area contributed by atoms with Gasteiger partial charge in [0.15, 0.2) is 0 Å². The second-order valence-electron chi connectivity index (χ2n) is 4.90. The minimum atomic E-state index is -4.81. The number of hydrogen-bond donors (Lipinski definition) is 1. The van der Waals surface area contributed by atoms with E-state index in [1.165, 1.54) is 18.2 Å². The zero-order valence-electron chi connectivity index (χ0n) is 10.4. The van der Waals surface area contributed by atoms with Crippen LogP contribution in [0.15, 0.2) is 36.4 Å². The highest BCUT2D eigenvalue weighted by Gasteiger charge is 2.61. The van der Waals surface area contributed by atoms with Crippen LogP contribution in [0.4, 0.5) is 13.2 Å². The third-order valence-electron chi connectivity index (χ3n) is 3.69. The lowest BCUT2D eigenvalue weighted by molar-refractivity contribution is -0.246. The monoisotopic (exact) mass is 298 g/mol. The van der Waals surface area contributed by atoms with Crippen molar-refractivity contribution in [1.29, 1.82) is 0 Å². The van der Waals surface area contributed by atoms with Crippen molar-refractivity contribution in [3.8, 4) is 11.1 Å². The van der Waals surface area contributed by atoms with Crippen molar-refractivity contribution >= 4 is 11.6 Å². The Hall–Kier alpha value is -1.52. The van der Waals surface area contributed by atoms with Crippen molar-refractivity contribution in [2.24, 2.45) is 0 Å². The quantitative estimate of drug-likeness (QED) is 0.763. The lowest BCUT2D eigenvalue weighted by atomic mass is 9.90. The number of fused-ring (bicyclic) bond motifs is 3. The smallest absolute Gasteiger partial charge is 0.372 e. The van der Waals surface area contributed by atoms with E-state index in [2.05, 4.69) is 0 Å². The standard InChI is InChI=1S/C15H10ClF3O/c1-8-6-9(16)7-12-13(8)10-4-2-3-5-11(10)14(12,20)15(17,18)19/h2-7,20H,1H3. The van der Waals surface area contributed by atoms with E-state index in [0.717, 1.165) is 0 Å². The normalized spacial score (nSPS) is 20.7. The molecular weight excluding hydrogens is 289 g/mol. The van der Waals surface area contributed by atoms with Gasteiger partial charge < -0.3 is 5.11 Å². The lowest BCUT2D eigenvalue weighted by Crippen LogP contribution is -2.41. The Labute approximate surface area is 118 Å². The van der Waals surface area contributed by atoms with Gasteiger partial charge in [0.2, 0.25) is 5.60 Å². The van der Waals surface area contributed by atoms with Crippen LogP contribution in [-0.2, 0) is 5.60 Å². The van der Waals surface area contributed by atoms with Crippen molar-refractivity contribution in [3.05, 3.63) is 58.1 Å². The van der Waals surface area contributed by atoms with Crippen LogP contribution in [0, 0.1) is 6.92 Å². The van der Waals surface area contributed by atoms with E-state index in [1.807, 2.05) is 0 Å². The summed E-state index contributed by atoms with van der Waals surface area (Å²) >= 11 is 5.87. The molecular formula is C15H10ClF3O. The largest absolute Gasteiger partial charge is 0.425 e. The molecule has 1 unspecified atom stereocenters. The van der Waals surface area contributed by atoms with Gasteiger partial charge in [-0.2, -0.15) is 13.2 Å². The summed E-state index contributed by atoms with van der Waals surface area (Å²) in [6.07, 6.45) is -4.81. The second kappa shape index (κ2) is 3.99. The summed E-state index contributed by atoms with van der Waals surface area (Å²) in [4.78, 5) is 0. The first-order valence-electron chi connectivity index (χ1n) is 5.96. The molecule has 0 saturated carbocycles. The Morgan fingerprint density at radius 2 is 1.75 bits per heavy atom. The van der Waals surface area contributed by atoms with Gasteiger partial charge in [0, 0.05) is 16.1 Å². The van der Waals surface area contributed by atoms with Crippen LogP contribution in [0.1, 0.15) is 16.7 Å². The van der Waals surface area contributed by atoms with Gasteiger partial charge in [0.25, 0.3) is 0 Å². The van der Waals surface area contributed by atoms with Crippen LogP contribution in [0.2, 0.25) is 5.02 Å². The van der Waals surface area contributed by atoms with Gasteiger partial charge in [0.05, 0.1) is 0 Å². The molecule has 0 spiro atoms. The van der Waals surface area contributed by atoms with Crippen LogP contribution in [0.3, 0.4) is 0 Å². The second-order valence-corrected chi connectivity index (χ2v) is 5.34. The molecule has 0 radical (unpaired) electrons. The van der Waals surface area contributed by atoms with Gasteiger partial charge >= 0.3 is 6.18 Å². The van der Waals surface area contributed by atoms with E-state index in [9.17, 15) is 18.3 Å². The SMILES string of the molecule is Cc1cc(Cl)cc2c1-c1ccccc1C2(O)C(F)(F)F. The van der Waals surface area contributed by atoms with E-state index in [-0.39, 0.29) is 16.1 Å². The topological polar surface area (TPSA) is 20.2 Å². The molecule has 0 saturated heterocycles. The van der Waals surface area contributed by atoms with Crippen molar-refractivity contribution in [2.75, 3.05) is 0 Å². The average Bonchev–Trinajstić information content (AvgIpc) is 2.61. The average molecular weight is 299 g/mol. The zero-order chi connectivity index (χ0) is 14.7. The molecule has 1 aliphatic rings. The van der Waals surface area contributed by atoms with E-state index >= 15 is 0 Å². The molecule has 1 N–H and O–H groups in total. The fraction of sp³-hybridized carbons (Fsp3) is 0.200. The Kier molecular flexibility index (Phi) is 2.69. The molecule has 1 aliphatic carbocycles. The number of hydrogen-bond acceptors (Lipinski definition) is 1. The molecule has 5 heteroatoms. The van der Waals surface area contributed by atoms with Crippen LogP contribution >= 0.6 is 11.6 Å². The third kappa shape index (κ3) is 1.55. The van der Waals surface area contributed by atoms with Crippen molar-refractivity contribution < 1.29 is 18.3 Å². The summed E-state index contributed by atoms with van der Waals surface area (Å²) in [7, 11) is 0. The first-order valence-corrected chi connectivity index (χ1v) is 6.34. The number of benzene rings is 2. The van der Waals surface area contributed by atoms with Gasteiger partial charge in [0.1, 0.15) is 0 Å². The van der Waals surface area contributed by atoms with Crippen LogP contribution in [-0.4, -0.2) is 11.3 Å². The summed E-state index contributed by atoms with van der Waals surface area (Å²) in [5, 5.41) is 10.6. The highest BCUT2D eigenvalue weighted by Crippen LogP contribution is 2.56. The van der Waals surface area contributed by atoms with Crippen LogP contribution < -0.4 is 0 Å². The Balaban J connectivity index is 2.47. The third-order valence-corrected chi connectivity index (χ3v) is 3.90. The van der Waals surface area contributed by atoms with Crippen molar-refractivity contribution in [1.82, 2.24) is 0 Å². The highest BCUT2D eigenvalue weighted by molar-refractivity contribution is 6.31. The van der Waals surface area contributed by atoms with E-state index in [0.29, 0.717) is 16.7 Å². The first-order chi connectivity index (χ1) is 9.26. The Bertz CT molecular complexity index is 709. The van der Waals surface area contributed by atoms with Gasteiger partial charge in [-0.1, -0.05) is 35.9 Å². The zero-order valence-corrected chi connectivity index (χ0v) is 11.2. The maximum atomic E-state index is 13.5. The molecule has 0 bridgehead atoms. The molecule has 0 aromatic heterocycles. The molecule has 2 aromatic rings. The number of aliphatic hydroxyl groups is 1. The predicted octanol–water partition coefficient (Wildman–Crippen LogP) is 4.43. The minimum Gasteiger partial charge on any atom is -0.372 e. The number of halogens is 4. The van der Waals surface area contributed by atoms with Crippen LogP contribution in [0.25, 0.3) is 11.1 Å². The molecule has 104 valence electrons. The molecule has 0 heterocycles. The molecule has 0 fully saturated rings. The van der Waals surface area contributed by atoms with Gasteiger partial charge in [-0.25, -0.2) is 0 Å². The summed E-state index contributed by atoms with van der Waals surface area (Å²) in [6.45, 7) is 1.68. The minimum absolute atomic E-state index is 0.145. The van der Waals surface area contributed by atoms with Gasteiger partial charge in [-0.15, -0.1) is 0 Å². The van der Waals surface area contributed by atoms with E-state index < -0.39 is 11.8 Å². The summed E-state index contributed by atoms with van der Waals surface area (Å²) < 4.78 is 40.4. The van der Waals surface area contributed by atoms with Crippen LogP contribution in [0.5, 0.6) is 0 Å². The summed E-state index contributed by atoms with van der Waals surface area (Å²) in [6, 6.07) is 8.81. The fourth-order valence-electron chi connectivity index (χ4n) is 2.85. The number of aryl methyl sites for hydroxylation is 1. The fourth-order valence-corrected chi connectivity index (χ4v) is 3.13. The number of alkyl halides is 3. The lowest BCUT2D eigenvalue weighted by Gasteiger charge is -2.28. The van der Waals surface area contributed by atoms with Gasteiger partial charge in [-0.3, -0.25) is 0 Å². The summed E-state index contributed by atoms with van der Waals surface area (Å²) in [5.41, 5.74) is -1.93. The molecule has 0 amide bonds. The summed E-state index contributed by atoms with van der Waals surface area (Å²) in [5.74, 6) is 0. The Morgan fingerprint density at radius 1 is 1.10 bits per heavy atom. The molecule has 3 rings (SSSR count). The van der Waals surface area contributed by atoms with Crippen molar-refractivity contribution in [3.63, 3.8) is 0 Å². The van der Waals surface area contributed by atoms with Gasteiger partial charge in [-0.05, 0) is 35.7 Å². The molecule has 1 atom stereocenters. The highest BCUT2D eigenvalue weighted by atomic mass is 35.5. The first kappa shape index (κ1) is 13.5. The molecule has 1 nitrogen and oxygen atoms in total. The van der Waals surface area contributed by atoms with E-state index in [1.54, 1.807) is 25.1 Å². The van der Waals surface area contributed by atoms with E-state index in [4.69, 9.17) is 11.6 Å². The molecule has 0 aliphatic heterocycles. The predicted molar refractivity (Wildman–Crippen MR) is 70.7 cm³/mol.